The van der Waals surface area contributed by atoms with E-state index in [2.05, 4.69) is 5.32 Å². The minimum atomic E-state index is -1.04. The van der Waals surface area contributed by atoms with Crippen molar-refractivity contribution in [3.8, 4) is 0 Å². The van der Waals surface area contributed by atoms with Crippen molar-refractivity contribution in [2.45, 2.75) is 32.4 Å². The maximum atomic E-state index is 11.8. The van der Waals surface area contributed by atoms with Crippen molar-refractivity contribution >= 4 is 23.3 Å². The van der Waals surface area contributed by atoms with E-state index in [0.29, 0.717) is 0 Å². The molecule has 0 radical (unpaired) electrons. The number of thiophene rings is 1. The molecule has 1 heterocycles. The molecule has 5 nitrogen and oxygen atoms in total. The first-order valence-corrected chi connectivity index (χ1v) is 6.58. The number of hydrogen-bond donors (Lipinski definition) is 2. The summed E-state index contributed by atoms with van der Waals surface area (Å²) in [7, 11) is 1.67. The summed E-state index contributed by atoms with van der Waals surface area (Å²) in [5, 5.41) is 13.2. The van der Waals surface area contributed by atoms with E-state index in [1.54, 1.807) is 18.4 Å². The van der Waals surface area contributed by atoms with Crippen LogP contribution < -0.4 is 5.32 Å². The van der Waals surface area contributed by atoms with Crippen LogP contribution >= 0.6 is 11.3 Å². The molecule has 1 aromatic heterocycles. The molecule has 2 N–H and O–H groups in total. The highest BCUT2D eigenvalue weighted by atomic mass is 32.1. The van der Waals surface area contributed by atoms with Crippen molar-refractivity contribution in [2.24, 2.45) is 0 Å². The predicted octanol–water partition coefficient (Wildman–Crippen LogP) is 1.79. The summed E-state index contributed by atoms with van der Waals surface area (Å²) < 4.78 is 0. The third kappa shape index (κ3) is 4.03. The number of carbonyl (C=O) groups is 2. The van der Waals surface area contributed by atoms with Crippen LogP contribution in [0.2, 0.25) is 0 Å². The zero-order valence-corrected chi connectivity index (χ0v) is 11.5. The van der Waals surface area contributed by atoms with Crippen LogP contribution in [0.15, 0.2) is 17.5 Å². The molecule has 0 bridgehead atoms. The van der Waals surface area contributed by atoms with E-state index in [1.165, 1.54) is 16.7 Å². The SMILES string of the molecule is CC(Cc1cccs1)N(C)C(=O)N[C@@H](C)C(=O)O. The van der Waals surface area contributed by atoms with Crippen molar-refractivity contribution in [1.29, 1.82) is 0 Å². The molecule has 18 heavy (non-hydrogen) atoms. The number of carboxylic acid groups (broad SMARTS) is 1. The van der Waals surface area contributed by atoms with Crippen LogP contribution in [0.1, 0.15) is 18.7 Å². The van der Waals surface area contributed by atoms with Gasteiger partial charge in [-0.2, -0.15) is 0 Å². The van der Waals surface area contributed by atoms with E-state index in [0.717, 1.165) is 6.42 Å². The molecule has 1 aromatic rings. The van der Waals surface area contributed by atoms with E-state index >= 15 is 0 Å². The molecule has 0 saturated heterocycles. The van der Waals surface area contributed by atoms with Crippen molar-refractivity contribution in [3.05, 3.63) is 22.4 Å². The van der Waals surface area contributed by atoms with Crippen LogP contribution in [0.25, 0.3) is 0 Å². The molecule has 0 aliphatic heterocycles. The van der Waals surface area contributed by atoms with Crippen molar-refractivity contribution in [3.63, 3.8) is 0 Å². The number of aliphatic carboxylic acids is 1. The molecule has 2 atom stereocenters. The Morgan fingerprint density at radius 2 is 2.17 bits per heavy atom. The summed E-state index contributed by atoms with van der Waals surface area (Å²) in [6, 6.07) is 2.76. The number of likely N-dealkylation sites (N-methyl/N-ethyl adjacent to an activating group) is 1. The van der Waals surface area contributed by atoms with Gasteiger partial charge in [-0.3, -0.25) is 4.79 Å². The zero-order valence-electron chi connectivity index (χ0n) is 10.7. The molecule has 100 valence electrons. The number of hydrogen-bond acceptors (Lipinski definition) is 3. The Morgan fingerprint density at radius 1 is 1.50 bits per heavy atom. The fourth-order valence-corrected chi connectivity index (χ4v) is 2.23. The van der Waals surface area contributed by atoms with Crippen LogP contribution in [0.4, 0.5) is 4.79 Å². The normalized spacial score (nSPS) is 13.7. The molecule has 0 aliphatic rings. The molecule has 0 aliphatic carbocycles. The Bertz CT molecular complexity index is 405. The van der Waals surface area contributed by atoms with Gasteiger partial charge in [0.2, 0.25) is 0 Å². The smallest absolute Gasteiger partial charge is 0.325 e. The summed E-state index contributed by atoms with van der Waals surface area (Å²) >= 11 is 1.65. The molecule has 2 amide bonds. The Hall–Kier alpha value is -1.56. The second kappa shape index (κ2) is 6.39. The number of carboxylic acids is 1. The molecule has 0 spiro atoms. The van der Waals surface area contributed by atoms with E-state index in [4.69, 9.17) is 5.11 Å². The maximum absolute atomic E-state index is 11.8. The average molecular weight is 270 g/mol. The van der Waals surface area contributed by atoms with Gasteiger partial charge in [0.15, 0.2) is 0 Å². The van der Waals surface area contributed by atoms with Crippen LogP contribution in [-0.4, -0.2) is 41.1 Å². The fourth-order valence-electron chi connectivity index (χ4n) is 1.41. The second-order valence-electron chi connectivity index (χ2n) is 4.25. The number of carbonyl (C=O) groups excluding carboxylic acids is 1. The minimum Gasteiger partial charge on any atom is -0.480 e. The van der Waals surface area contributed by atoms with Crippen molar-refractivity contribution in [2.75, 3.05) is 7.05 Å². The minimum absolute atomic E-state index is 0.0182. The highest BCUT2D eigenvalue weighted by Gasteiger charge is 2.20. The van der Waals surface area contributed by atoms with Gasteiger partial charge in [-0.25, -0.2) is 4.79 Å². The quantitative estimate of drug-likeness (QED) is 0.857. The van der Waals surface area contributed by atoms with E-state index < -0.39 is 12.0 Å². The standard InChI is InChI=1S/C12H18N2O3S/c1-8(7-10-5-4-6-18-10)14(3)12(17)13-9(2)11(15)16/h4-6,8-9H,7H2,1-3H3,(H,13,17)(H,15,16)/t8?,9-/m0/s1. The van der Waals surface area contributed by atoms with Gasteiger partial charge in [-0.15, -0.1) is 11.3 Å². The molecular formula is C12H18N2O3S. The van der Waals surface area contributed by atoms with Crippen LogP contribution in [0.5, 0.6) is 0 Å². The van der Waals surface area contributed by atoms with E-state index in [1.807, 2.05) is 24.4 Å². The van der Waals surface area contributed by atoms with E-state index in [9.17, 15) is 9.59 Å². The highest BCUT2D eigenvalue weighted by Crippen LogP contribution is 2.13. The van der Waals surface area contributed by atoms with Gasteiger partial charge < -0.3 is 15.3 Å². The first-order chi connectivity index (χ1) is 8.41. The summed E-state index contributed by atoms with van der Waals surface area (Å²) in [6.45, 7) is 3.38. The highest BCUT2D eigenvalue weighted by molar-refractivity contribution is 7.09. The third-order valence-corrected chi connectivity index (χ3v) is 3.67. The van der Waals surface area contributed by atoms with Gasteiger partial charge in [-0.05, 0) is 25.3 Å². The Kier molecular flexibility index (Phi) is 5.15. The van der Waals surface area contributed by atoms with Gasteiger partial charge in [0, 0.05) is 24.4 Å². The van der Waals surface area contributed by atoms with Gasteiger partial charge >= 0.3 is 12.0 Å². The summed E-state index contributed by atoms with van der Waals surface area (Å²) in [5.74, 6) is -1.04. The molecular weight excluding hydrogens is 252 g/mol. The number of amides is 2. The lowest BCUT2D eigenvalue weighted by molar-refractivity contribution is -0.138. The number of nitrogens with zero attached hydrogens (tertiary/aromatic N) is 1. The Balaban J connectivity index is 2.50. The molecule has 1 rings (SSSR count). The number of urea groups is 1. The average Bonchev–Trinajstić information content (AvgIpc) is 2.80. The topological polar surface area (TPSA) is 69.6 Å². The van der Waals surface area contributed by atoms with Gasteiger partial charge in [0.25, 0.3) is 0 Å². The lowest BCUT2D eigenvalue weighted by Crippen LogP contribution is -2.48. The Morgan fingerprint density at radius 3 is 2.67 bits per heavy atom. The molecule has 6 heteroatoms. The second-order valence-corrected chi connectivity index (χ2v) is 5.29. The Labute approximate surface area is 110 Å². The predicted molar refractivity (Wildman–Crippen MR) is 70.9 cm³/mol. The van der Waals surface area contributed by atoms with Crippen LogP contribution in [0, 0.1) is 0 Å². The molecule has 0 saturated carbocycles. The summed E-state index contributed by atoms with van der Waals surface area (Å²) in [6.07, 6.45) is 0.767. The lowest BCUT2D eigenvalue weighted by Gasteiger charge is -2.25. The van der Waals surface area contributed by atoms with Crippen molar-refractivity contribution < 1.29 is 14.7 Å². The molecule has 0 aromatic carbocycles. The maximum Gasteiger partial charge on any atom is 0.325 e. The fraction of sp³-hybridized carbons (Fsp3) is 0.500. The monoisotopic (exact) mass is 270 g/mol. The van der Waals surface area contributed by atoms with Crippen LogP contribution in [-0.2, 0) is 11.2 Å². The van der Waals surface area contributed by atoms with Gasteiger partial charge in [0.05, 0.1) is 0 Å². The number of nitrogens with one attached hydrogen (secondary N) is 1. The first-order valence-electron chi connectivity index (χ1n) is 5.70. The van der Waals surface area contributed by atoms with Gasteiger partial charge in [0.1, 0.15) is 6.04 Å². The van der Waals surface area contributed by atoms with E-state index in [-0.39, 0.29) is 12.1 Å². The summed E-state index contributed by atoms with van der Waals surface area (Å²) in [4.78, 5) is 25.2. The molecule has 0 fully saturated rings. The van der Waals surface area contributed by atoms with Crippen molar-refractivity contribution in [1.82, 2.24) is 10.2 Å². The lowest BCUT2D eigenvalue weighted by atomic mass is 10.2. The van der Waals surface area contributed by atoms with Gasteiger partial charge in [-0.1, -0.05) is 6.07 Å². The largest absolute Gasteiger partial charge is 0.480 e. The molecule has 1 unspecified atom stereocenters. The zero-order chi connectivity index (χ0) is 13.7. The third-order valence-electron chi connectivity index (χ3n) is 2.77. The summed E-state index contributed by atoms with van der Waals surface area (Å²) in [5.41, 5.74) is 0. The van der Waals surface area contributed by atoms with Crippen LogP contribution in [0.3, 0.4) is 0 Å². The number of rotatable bonds is 5. The first kappa shape index (κ1) is 14.5.